The number of hydroxylamine groups is 2. The SMILES string of the molecule is CCCCC[C@H](CN(C=O)OCc1ccccc1)C(=O)NCNC(=O)c1cccc(-c2ccc(OC(F)(F)F)cc2)n1. The fraction of sp³-hybridized carbons (Fsp3) is 0.333. The number of hydrogen-bond donors (Lipinski definition) is 2. The number of unbranched alkanes of at least 4 members (excludes halogenated alkanes) is 2. The summed E-state index contributed by atoms with van der Waals surface area (Å²) < 4.78 is 41.1. The summed E-state index contributed by atoms with van der Waals surface area (Å²) in [6.45, 7) is 2.10. The van der Waals surface area contributed by atoms with Crippen molar-refractivity contribution in [1.29, 1.82) is 0 Å². The van der Waals surface area contributed by atoms with Crippen molar-refractivity contribution >= 4 is 18.2 Å². The van der Waals surface area contributed by atoms with E-state index in [9.17, 15) is 27.6 Å². The Balaban J connectivity index is 1.55. The van der Waals surface area contributed by atoms with Gasteiger partial charge >= 0.3 is 6.36 Å². The first-order chi connectivity index (χ1) is 20.2. The van der Waals surface area contributed by atoms with E-state index in [1.807, 2.05) is 37.3 Å². The van der Waals surface area contributed by atoms with Crippen molar-refractivity contribution < 1.29 is 37.1 Å². The van der Waals surface area contributed by atoms with Gasteiger partial charge in [0.25, 0.3) is 5.91 Å². The molecule has 0 bridgehead atoms. The molecule has 0 aliphatic rings. The lowest BCUT2D eigenvalue weighted by Gasteiger charge is -2.23. The summed E-state index contributed by atoms with van der Waals surface area (Å²) in [5.41, 5.74) is 1.78. The van der Waals surface area contributed by atoms with Crippen molar-refractivity contribution in [2.45, 2.75) is 45.6 Å². The Bertz CT molecular complexity index is 1290. The quantitative estimate of drug-likeness (QED) is 0.103. The first-order valence-corrected chi connectivity index (χ1v) is 13.5. The number of halogens is 3. The highest BCUT2D eigenvalue weighted by Gasteiger charge is 2.31. The lowest BCUT2D eigenvalue weighted by atomic mass is 10.0. The van der Waals surface area contributed by atoms with Crippen LogP contribution in [0.4, 0.5) is 13.2 Å². The van der Waals surface area contributed by atoms with Gasteiger partial charge < -0.3 is 15.4 Å². The predicted octanol–water partition coefficient (Wildman–Crippen LogP) is 5.24. The molecule has 3 rings (SSSR count). The van der Waals surface area contributed by atoms with Crippen LogP contribution in [0.3, 0.4) is 0 Å². The minimum absolute atomic E-state index is 0.0518. The van der Waals surface area contributed by atoms with Crippen molar-refractivity contribution in [3.63, 3.8) is 0 Å². The highest BCUT2D eigenvalue weighted by Crippen LogP contribution is 2.26. The molecule has 0 saturated heterocycles. The van der Waals surface area contributed by atoms with Gasteiger partial charge in [0.1, 0.15) is 18.1 Å². The van der Waals surface area contributed by atoms with E-state index in [0.717, 1.165) is 42.0 Å². The van der Waals surface area contributed by atoms with Gasteiger partial charge in [-0.25, -0.2) is 10.0 Å². The third-order valence-electron chi connectivity index (χ3n) is 6.16. The summed E-state index contributed by atoms with van der Waals surface area (Å²) >= 11 is 0. The molecule has 2 aromatic carbocycles. The molecular weight excluding hydrogens is 553 g/mol. The van der Waals surface area contributed by atoms with Crippen LogP contribution in [-0.2, 0) is 21.0 Å². The number of ether oxygens (including phenoxy) is 1. The number of nitrogens with one attached hydrogen (secondary N) is 2. The smallest absolute Gasteiger partial charge is 0.406 e. The summed E-state index contributed by atoms with van der Waals surface area (Å²) in [5, 5.41) is 6.38. The van der Waals surface area contributed by atoms with E-state index in [2.05, 4.69) is 20.4 Å². The monoisotopic (exact) mass is 586 g/mol. The van der Waals surface area contributed by atoms with Crippen LogP contribution in [0.1, 0.15) is 48.7 Å². The second-order valence-corrected chi connectivity index (χ2v) is 9.36. The first-order valence-electron chi connectivity index (χ1n) is 13.5. The Morgan fingerprint density at radius 2 is 1.71 bits per heavy atom. The molecule has 0 spiro atoms. The number of aromatic nitrogens is 1. The highest BCUT2D eigenvalue weighted by molar-refractivity contribution is 5.93. The van der Waals surface area contributed by atoms with E-state index in [1.165, 1.54) is 18.2 Å². The van der Waals surface area contributed by atoms with Crippen LogP contribution in [-0.4, -0.2) is 47.8 Å². The number of carbonyl (C=O) groups excluding carboxylic acids is 3. The average molecular weight is 587 g/mol. The van der Waals surface area contributed by atoms with E-state index >= 15 is 0 Å². The van der Waals surface area contributed by atoms with E-state index in [-0.39, 0.29) is 37.2 Å². The van der Waals surface area contributed by atoms with Gasteiger partial charge in [0, 0.05) is 5.56 Å². The van der Waals surface area contributed by atoms with Gasteiger partial charge in [-0.1, -0.05) is 62.6 Å². The summed E-state index contributed by atoms with van der Waals surface area (Å²) in [4.78, 5) is 47.2. The first kappa shape index (κ1) is 32.1. The summed E-state index contributed by atoms with van der Waals surface area (Å²) in [6, 6.07) is 19.1. The topological polar surface area (TPSA) is 110 Å². The number of hydrogen-bond acceptors (Lipinski definition) is 6. The van der Waals surface area contributed by atoms with Crippen LogP contribution >= 0.6 is 0 Å². The minimum atomic E-state index is -4.80. The lowest BCUT2D eigenvalue weighted by molar-refractivity contribution is -0.274. The molecule has 3 aromatic rings. The second kappa shape index (κ2) is 16.1. The Labute approximate surface area is 242 Å². The second-order valence-electron chi connectivity index (χ2n) is 9.36. The minimum Gasteiger partial charge on any atom is -0.406 e. The van der Waals surface area contributed by atoms with E-state index < -0.39 is 18.2 Å². The number of rotatable bonds is 16. The number of benzene rings is 2. The standard InChI is InChI=1S/C30H33F3N4O5/c1-2-3-5-11-24(18-37(21-38)41-19-22-9-6-4-7-10-22)28(39)34-20-35-29(40)27-13-8-12-26(36-27)23-14-16-25(17-15-23)42-30(31,32)33/h4,6-10,12-17,21,24H,2-3,5,11,18-20H2,1H3,(H,34,39)(H,35,40)/t24-/m1/s1. The Morgan fingerprint density at radius 3 is 2.38 bits per heavy atom. The van der Waals surface area contributed by atoms with E-state index in [4.69, 9.17) is 4.84 Å². The van der Waals surface area contributed by atoms with Crippen LogP contribution in [0.15, 0.2) is 72.8 Å². The molecule has 224 valence electrons. The Morgan fingerprint density at radius 1 is 0.976 bits per heavy atom. The zero-order valence-corrected chi connectivity index (χ0v) is 23.1. The van der Waals surface area contributed by atoms with Gasteiger partial charge in [0.05, 0.1) is 24.8 Å². The number of carbonyl (C=O) groups is 3. The van der Waals surface area contributed by atoms with Crippen molar-refractivity contribution in [3.05, 3.63) is 84.1 Å². The Hall–Kier alpha value is -4.45. The molecule has 0 aliphatic heterocycles. The van der Waals surface area contributed by atoms with Crippen LogP contribution in [0.5, 0.6) is 5.75 Å². The third kappa shape index (κ3) is 10.8. The molecule has 0 fully saturated rings. The van der Waals surface area contributed by atoms with Gasteiger partial charge in [-0.3, -0.25) is 19.2 Å². The summed E-state index contributed by atoms with van der Waals surface area (Å²) in [7, 11) is 0. The number of alkyl halides is 3. The number of amides is 3. The molecular formula is C30H33F3N4O5. The highest BCUT2D eigenvalue weighted by atomic mass is 19.4. The lowest BCUT2D eigenvalue weighted by Crippen LogP contribution is -2.43. The van der Waals surface area contributed by atoms with Gasteiger partial charge in [0.2, 0.25) is 12.3 Å². The molecule has 1 aromatic heterocycles. The molecule has 12 heteroatoms. The van der Waals surface area contributed by atoms with Crippen molar-refractivity contribution in [2.24, 2.45) is 5.92 Å². The van der Waals surface area contributed by atoms with Crippen molar-refractivity contribution in [3.8, 4) is 17.0 Å². The van der Waals surface area contributed by atoms with Crippen LogP contribution in [0.2, 0.25) is 0 Å². The maximum Gasteiger partial charge on any atom is 0.573 e. The molecule has 1 heterocycles. The molecule has 3 amide bonds. The van der Waals surface area contributed by atoms with Crippen LogP contribution in [0, 0.1) is 5.92 Å². The van der Waals surface area contributed by atoms with Crippen LogP contribution < -0.4 is 15.4 Å². The van der Waals surface area contributed by atoms with Gasteiger partial charge in [-0.2, -0.15) is 0 Å². The van der Waals surface area contributed by atoms with E-state index in [1.54, 1.807) is 12.1 Å². The molecule has 0 aliphatic carbocycles. The average Bonchev–Trinajstić information content (AvgIpc) is 2.98. The van der Waals surface area contributed by atoms with Crippen molar-refractivity contribution in [2.75, 3.05) is 13.2 Å². The summed E-state index contributed by atoms with van der Waals surface area (Å²) in [5.74, 6) is -1.83. The predicted molar refractivity (Wildman–Crippen MR) is 148 cm³/mol. The van der Waals surface area contributed by atoms with Gasteiger partial charge in [0.15, 0.2) is 0 Å². The zero-order valence-electron chi connectivity index (χ0n) is 23.1. The maximum absolute atomic E-state index is 13.0. The molecule has 2 N–H and O–H groups in total. The van der Waals surface area contributed by atoms with E-state index in [0.29, 0.717) is 24.1 Å². The molecule has 0 saturated carbocycles. The number of pyridine rings is 1. The Kier molecular flexibility index (Phi) is 12.3. The summed E-state index contributed by atoms with van der Waals surface area (Å²) in [6.07, 6.45) is -1.06. The fourth-order valence-electron chi connectivity index (χ4n) is 4.02. The van der Waals surface area contributed by atoms with Crippen LogP contribution in [0.25, 0.3) is 11.3 Å². The van der Waals surface area contributed by atoms with Crippen molar-refractivity contribution in [1.82, 2.24) is 20.7 Å². The number of nitrogens with zero attached hydrogens (tertiary/aromatic N) is 2. The molecule has 9 nitrogen and oxygen atoms in total. The molecule has 42 heavy (non-hydrogen) atoms. The third-order valence-corrected chi connectivity index (χ3v) is 6.16. The maximum atomic E-state index is 13.0. The molecule has 1 atom stereocenters. The zero-order chi connectivity index (χ0) is 30.4. The fourth-order valence-corrected chi connectivity index (χ4v) is 4.02. The van der Waals surface area contributed by atoms with Gasteiger partial charge in [-0.05, 0) is 48.4 Å². The largest absolute Gasteiger partial charge is 0.573 e. The molecule has 0 radical (unpaired) electrons. The normalized spacial score (nSPS) is 11.8. The molecule has 0 unspecified atom stereocenters. The van der Waals surface area contributed by atoms with Gasteiger partial charge in [-0.15, -0.1) is 13.2 Å².